The highest BCUT2D eigenvalue weighted by atomic mass is 35.5. The molecular formula is C17H20ClN3. The van der Waals surface area contributed by atoms with Crippen LogP contribution in [0.2, 0.25) is 5.02 Å². The van der Waals surface area contributed by atoms with Crippen molar-refractivity contribution in [3.8, 4) is 0 Å². The highest BCUT2D eigenvalue weighted by molar-refractivity contribution is 6.30. The van der Waals surface area contributed by atoms with Crippen molar-refractivity contribution >= 4 is 17.7 Å². The predicted molar refractivity (Wildman–Crippen MR) is 86.0 cm³/mol. The Labute approximate surface area is 130 Å². The molecule has 2 aromatic rings. The summed E-state index contributed by atoms with van der Waals surface area (Å²) in [4.78, 5) is 4.05. The molecule has 0 saturated heterocycles. The first kappa shape index (κ1) is 14.3. The molecule has 0 spiro atoms. The summed E-state index contributed by atoms with van der Waals surface area (Å²) in [5, 5.41) is 5.04. The Hall–Kier alpha value is -1.61. The molecule has 21 heavy (non-hydrogen) atoms. The fraction of sp³-hybridized carbons (Fsp3) is 0.412. The van der Waals surface area contributed by atoms with Gasteiger partial charge in [0.15, 0.2) is 0 Å². The van der Waals surface area contributed by atoms with Gasteiger partial charge in [-0.3, -0.25) is 4.68 Å². The van der Waals surface area contributed by atoms with Crippen molar-refractivity contribution in [1.29, 1.82) is 0 Å². The molecular weight excluding hydrogens is 282 g/mol. The molecule has 0 N–H and O–H groups in total. The zero-order valence-electron chi connectivity index (χ0n) is 12.5. The van der Waals surface area contributed by atoms with E-state index in [1.54, 1.807) is 12.7 Å². The maximum atomic E-state index is 5.96. The molecule has 1 unspecified atom stereocenters. The first-order valence-electron chi connectivity index (χ1n) is 7.33. The highest BCUT2D eigenvalue weighted by Gasteiger charge is 2.38. The minimum Gasteiger partial charge on any atom is -0.252 e. The summed E-state index contributed by atoms with van der Waals surface area (Å²) in [6, 6.07) is 8.04. The van der Waals surface area contributed by atoms with Gasteiger partial charge in [-0.15, -0.1) is 0 Å². The smallest absolute Gasteiger partial charge is 0.137 e. The van der Waals surface area contributed by atoms with Gasteiger partial charge < -0.3 is 0 Å². The van der Waals surface area contributed by atoms with Gasteiger partial charge in [0.2, 0.25) is 0 Å². The fourth-order valence-electron chi connectivity index (χ4n) is 3.14. The first-order valence-corrected chi connectivity index (χ1v) is 7.71. The van der Waals surface area contributed by atoms with Crippen LogP contribution in [0.4, 0.5) is 0 Å². The Morgan fingerprint density at radius 1 is 1.33 bits per heavy atom. The normalized spacial score (nSPS) is 22.8. The van der Waals surface area contributed by atoms with E-state index in [1.165, 1.54) is 17.6 Å². The molecule has 1 aliphatic rings. The van der Waals surface area contributed by atoms with Crippen molar-refractivity contribution in [3.63, 3.8) is 0 Å². The lowest BCUT2D eigenvalue weighted by atomic mass is 9.80. The van der Waals surface area contributed by atoms with Crippen molar-refractivity contribution in [1.82, 2.24) is 14.8 Å². The maximum Gasteiger partial charge on any atom is 0.137 e. The van der Waals surface area contributed by atoms with E-state index in [9.17, 15) is 0 Å². The minimum absolute atomic E-state index is 0.296. The maximum absolute atomic E-state index is 5.96. The van der Waals surface area contributed by atoms with Gasteiger partial charge in [0, 0.05) is 17.5 Å². The van der Waals surface area contributed by atoms with E-state index in [-0.39, 0.29) is 0 Å². The van der Waals surface area contributed by atoms with Gasteiger partial charge in [-0.1, -0.05) is 49.2 Å². The summed E-state index contributed by atoms with van der Waals surface area (Å²) in [7, 11) is 0. The standard InChI is InChI=1S/C17H20ClN3/c1-17(2)8-7-14(9-13-3-5-15(18)6-4-13)16(17)10-21-12-19-11-20-21/h3-6,9,11-12,16H,7-8,10H2,1-2H3. The monoisotopic (exact) mass is 301 g/mol. The Balaban J connectivity index is 1.87. The molecule has 1 aromatic carbocycles. The number of nitrogens with zero attached hydrogens (tertiary/aromatic N) is 3. The topological polar surface area (TPSA) is 30.7 Å². The lowest BCUT2D eigenvalue weighted by Crippen LogP contribution is -2.23. The highest BCUT2D eigenvalue weighted by Crippen LogP contribution is 2.47. The Bertz CT molecular complexity index is 627. The summed E-state index contributed by atoms with van der Waals surface area (Å²) in [5.41, 5.74) is 3.01. The van der Waals surface area contributed by atoms with Crippen molar-refractivity contribution in [2.75, 3.05) is 0 Å². The van der Waals surface area contributed by atoms with Gasteiger partial charge >= 0.3 is 0 Å². The average Bonchev–Trinajstić information content (AvgIpc) is 3.05. The Kier molecular flexibility index (Phi) is 3.85. The minimum atomic E-state index is 0.296. The molecule has 1 saturated carbocycles. The fourth-order valence-corrected chi connectivity index (χ4v) is 3.27. The molecule has 0 aliphatic heterocycles. The number of hydrogen-bond acceptors (Lipinski definition) is 2. The number of hydrogen-bond donors (Lipinski definition) is 0. The van der Waals surface area contributed by atoms with E-state index in [0.717, 1.165) is 18.0 Å². The third-order valence-electron chi connectivity index (χ3n) is 4.51. The summed E-state index contributed by atoms with van der Waals surface area (Å²) >= 11 is 5.96. The first-order chi connectivity index (χ1) is 10.0. The van der Waals surface area contributed by atoms with Crippen LogP contribution in [0, 0.1) is 11.3 Å². The lowest BCUT2D eigenvalue weighted by molar-refractivity contribution is 0.248. The number of benzene rings is 1. The second kappa shape index (κ2) is 5.64. The van der Waals surface area contributed by atoms with E-state index >= 15 is 0 Å². The molecule has 0 bridgehead atoms. The molecule has 3 nitrogen and oxygen atoms in total. The number of rotatable bonds is 3. The van der Waals surface area contributed by atoms with Crippen LogP contribution in [0.5, 0.6) is 0 Å². The summed E-state index contributed by atoms with van der Waals surface area (Å²) < 4.78 is 1.94. The quantitative estimate of drug-likeness (QED) is 0.838. The molecule has 1 heterocycles. The number of aromatic nitrogens is 3. The summed E-state index contributed by atoms with van der Waals surface area (Å²) in [6.45, 7) is 5.58. The second-order valence-electron chi connectivity index (χ2n) is 6.43. The van der Waals surface area contributed by atoms with Crippen LogP contribution in [-0.2, 0) is 6.54 Å². The van der Waals surface area contributed by atoms with Gasteiger partial charge in [-0.2, -0.15) is 5.10 Å². The van der Waals surface area contributed by atoms with Crippen LogP contribution in [0.1, 0.15) is 32.3 Å². The van der Waals surface area contributed by atoms with Crippen LogP contribution in [0.15, 0.2) is 42.5 Å². The molecule has 1 fully saturated rings. The average molecular weight is 302 g/mol. The second-order valence-corrected chi connectivity index (χ2v) is 6.87. The molecule has 1 atom stereocenters. The summed E-state index contributed by atoms with van der Waals surface area (Å²) in [6.07, 6.45) is 8.08. The third kappa shape index (κ3) is 3.18. The van der Waals surface area contributed by atoms with Crippen molar-refractivity contribution in [2.24, 2.45) is 11.3 Å². The van der Waals surface area contributed by atoms with E-state index in [2.05, 4.69) is 42.1 Å². The van der Waals surface area contributed by atoms with Crippen LogP contribution in [-0.4, -0.2) is 14.8 Å². The van der Waals surface area contributed by atoms with Gasteiger partial charge in [-0.25, -0.2) is 4.98 Å². The molecule has 0 amide bonds. The van der Waals surface area contributed by atoms with Crippen molar-refractivity contribution in [2.45, 2.75) is 33.2 Å². The molecule has 4 heteroatoms. The van der Waals surface area contributed by atoms with E-state index in [0.29, 0.717) is 11.3 Å². The van der Waals surface area contributed by atoms with Gasteiger partial charge in [0.25, 0.3) is 0 Å². The predicted octanol–water partition coefficient (Wildman–Crippen LogP) is 4.45. The van der Waals surface area contributed by atoms with Crippen LogP contribution >= 0.6 is 11.6 Å². The van der Waals surface area contributed by atoms with Gasteiger partial charge in [-0.05, 0) is 36.0 Å². The van der Waals surface area contributed by atoms with E-state index < -0.39 is 0 Å². The third-order valence-corrected chi connectivity index (χ3v) is 4.76. The largest absolute Gasteiger partial charge is 0.252 e. The van der Waals surface area contributed by atoms with E-state index in [1.807, 2.05) is 16.8 Å². The molecule has 110 valence electrons. The van der Waals surface area contributed by atoms with Crippen LogP contribution < -0.4 is 0 Å². The van der Waals surface area contributed by atoms with Gasteiger partial charge in [0.1, 0.15) is 12.7 Å². The van der Waals surface area contributed by atoms with Crippen molar-refractivity contribution < 1.29 is 0 Å². The molecule has 0 radical (unpaired) electrons. The van der Waals surface area contributed by atoms with Crippen LogP contribution in [0.3, 0.4) is 0 Å². The number of halogens is 1. The van der Waals surface area contributed by atoms with Gasteiger partial charge in [0.05, 0.1) is 0 Å². The molecule has 3 rings (SSSR count). The van der Waals surface area contributed by atoms with E-state index in [4.69, 9.17) is 11.6 Å². The Morgan fingerprint density at radius 2 is 2.10 bits per heavy atom. The van der Waals surface area contributed by atoms with Crippen LogP contribution in [0.25, 0.3) is 6.08 Å². The molecule has 1 aliphatic carbocycles. The van der Waals surface area contributed by atoms with Crippen molar-refractivity contribution in [3.05, 3.63) is 53.1 Å². The Morgan fingerprint density at radius 3 is 2.76 bits per heavy atom. The zero-order valence-corrected chi connectivity index (χ0v) is 13.2. The molecule has 1 aromatic heterocycles. The lowest BCUT2D eigenvalue weighted by Gasteiger charge is -2.27. The SMILES string of the molecule is CC1(C)CCC(=Cc2ccc(Cl)cc2)C1Cn1cncn1. The summed E-state index contributed by atoms with van der Waals surface area (Å²) in [5.74, 6) is 0.495. The number of allylic oxidation sites excluding steroid dienone is 1. The zero-order chi connectivity index (χ0) is 14.9.